The van der Waals surface area contributed by atoms with Gasteiger partial charge in [0.25, 0.3) is 0 Å². The molecule has 0 aliphatic rings. The highest BCUT2D eigenvalue weighted by Gasteiger charge is 2.33. The van der Waals surface area contributed by atoms with E-state index in [1.165, 1.54) is 24.0 Å². The summed E-state index contributed by atoms with van der Waals surface area (Å²) in [6.07, 6.45) is -4.61. The summed E-state index contributed by atoms with van der Waals surface area (Å²) in [7, 11) is 0. The third-order valence-corrected chi connectivity index (χ3v) is 3.43. The van der Waals surface area contributed by atoms with Crippen LogP contribution in [0.4, 0.5) is 23.7 Å². The van der Waals surface area contributed by atoms with Gasteiger partial charge in [-0.25, -0.2) is 4.79 Å². The van der Waals surface area contributed by atoms with E-state index >= 15 is 0 Å². The standard InChI is InChI=1S/C15H19F3N4O3/c1-3-22(9(2)13(24)21-14(19)25)8-12(23)20-11-7-5-4-6-10(11)15(16,17)18/h4-7,9H,3,8H2,1-2H3,(H,20,23)(H3,19,21,24,25). The average molecular weight is 360 g/mol. The van der Waals surface area contributed by atoms with Crippen LogP contribution in [0.15, 0.2) is 24.3 Å². The van der Waals surface area contributed by atoms with Gasteiger partial charge in [0, 0.05) is 0 Å². The van der Waals surface area contributed by atoms with Gasteiger partial charge in [0.15, 0.2) is 0 Å². The van der Waals surface area contributed by atoms with Crippen molar-refractivity contribution in [3.8, 4) is 0 Å². The molecule has 0 heterocycles. The van der Waals surface area contributed by atoms with Crippen LogP contribution in [-0.4, -0.2) is 41.9 Å². The lowest BCUT2D eigenvalue weighted by Gasteiger charge is -2.26. The molecule has 0 fully saturated rings. The zero-order chi connectivity index (χ0) is 19.2. The Morgan fingerprint density at radius 3 is 2.36 bits per heavy atom. The molecule has 0 saturated carbocycles. The molecule has 1 unspecified atom stereocenters. The normalized spacial score (nSPS) is 12.6. The number of urea groups is 1. The predicted molar refractivity (Wildman–Crippen MR) is 84.5 cm³/mol. The lowest BCUT2D eigenvalue weighted by Crippen LogP contribution is -2.50. The first-order valence-corrected chi connectivity index (χ1v) is 7.36. The maximum Gasteiger partial charge on any atom is 0.418 e. The van der Waals surface area contributed by atoms with Gasteiger partial charge in [-0.15, -0.1) is 0 Å². The first-order valence-electron chi connectivity index (χ1n) is 7.36. The number of alkyl halides is 3. The van der Waals surface area contributed by atoms with Gasteiger partial charge < -0.3 is 11.1 Å². The van der Waals surface area contributed by atoms with Crippen molar-refractivity contribution in [2.24, 2.45) is 5.73 Å². The fourth-order valence-corrected chi connectivity index (χ4v) is 2.13. The van der Waals surface area contributed by atoms with Crippen LogP contribution in [0.2, 0.25) is 0 Å². The summed E-state index contributed by atoms with van der Waals surface area (Å²) >= 11 is 0. The van der Waals surface area contributed by atoms with Crippen LogP contribution in [0.1, 0.15) is 19.4 Å². The predicted octanol–water partition coefficient (Wildman–Crippen LogP) is 1.55. The number of carbonyl (C=O) groups excluding carboxylic acids is 3. The molecule has 1 atom stereocenters. The number of nitrogens with two attached hydrogens (primary N) is 1. The Morgan fingerprint density at radius 2 is 1.84 bits per heavy atom. The van der Waals surface area contributed by atoms with Gasteiger partial charge in [-0.2, -0.15) is 13.2 Å². The summed E-state index contributed by atoms with van der Waals surface area (Å²) in [6, 6.07) is 2.67. The first kappa shape index (κ1) is 20.4. The fraction of sp³-hybridized carbons (Fsp3) is 0.400. The highest BCUT2D eigenvalue weighted by molar-refractivity contribution is 5.97. The van der Waals surface area contributed by atoms with Crippen LogP contribution in [0.5, 0.6) is 0 Å². The molecule has 1 rings (SSSR count). The molecule has 4 N–H and O–H groups in total. The van der Waals surface area contributed by atoms with Crippen LogP contribution in [0.3, 0.4) is 0 Å². The van der Waals surface area contributed by atoms with Crippen LogP contribution < -0.4 is 16.4 Å². The summed E-state index contributed by atoms with van der Waals surface area (Å²) in [5, 5.41) is 4.08. The van der Waals surface area contributed by atoms with Crippen LogP contribution in [-0.2, 0) is 15.8 Å². The topological polar surface area (TPSA) is 105 Å². The number of rotatable bonds is 6. The summed E-state index contributed by atoms with van der Waals surface area (Å²) < 4.78 is 38.8. The van der Waals surface area contributed by atoms with E-state index in [9.17, 15) is 27.6 Å². The zero-order valence-electron chi connectivity index (χ0n) is 13.7. The molecule has 1 aromatic rings. The number of benzene rings is 1. The molecule has 0 aliphatic carbocycles. The van der Waals surface area contributed by atoms with E-state index in [0.717, 1.165) is 12.1 Å². The number of imide groups is 1. The number of hydrogen-bond acceptors (Lipinski definition) is 4. The van der Waals surface area contributed by atoms with Gasteiger partial charge in [-0.05, 0) is 25.6 Å². The molecule has 0 radical (unpaired) electrons. The highest BCUT2D eigenvalue weighted by atomic mass is 19.4. The number of amides is 4. The molecular formula is C15H19F3N4O3. The molecule has 0 spiro atoms. The summed E-state index contributed by atoms with van der Waals surface area (Å²) in [4.78, 5) is 35.9. The Kier molecular flexibility index (Phi) is 6.92. The minimum atomic E-state index is -4.61. The minimum Gasteiger partial charge on any atom is -0.351 e. The van der Waals surface area contributed by atoms with Gasteiger partial charge >= 0.3 is 12.2 Å². The van der Waals surface area contributed by atoms with Crippen molar-refractivity contribution in [1.29, 1.82) is 0 Å². The Bertz CT molecular complexity index is 649. The molecule has 4 amide bonds. The fourth-order valence-electron chi connectivity index (χ4n) is 2.13. The SMILES string of the molecule is CCN(CC(=O)Nc1ccccc1C(F)(F)F)C(C)C(=O)NC(N)=O. The number of nitrogens with zero attached hydrogens (tertiary/aromatic N) is 1. The number of primary amides is 1. The molecule has 0 aliphatic heterocycles. The molecule has 10 heteroatoms. The molecule has 25 heavy (non-hydrogen) atoms. The quantitative estimate of drug-likeness (QED) is 0.716. The number of para-hydroxylation sites is 1. The Hall–Kier alpha value is -2.62. The number of nitrogens with one attached hydrogen (secondary N) is 2. The molecule has 1 aromatic carbocycles. The van der Waals surface area contributed by atoms with Crippen molar-refractivity contribution < 1.29 is 27.6 Å². The van der Waals surface area contributed by atoms with Gasteiger partial charge in [-0.1, -0.05) is 19.1 Å². The van der Waals surface area contributed by atoms with Crippen molar-refractivity contribution in [1.82, 2.24) is 10.2 Å². The van der Waals surface area contributed by atoms with Gasteiger partial charge in [0.1, 0.15) is 0 Å². The van der Waals surface area contributed by atoms with E-state index in [1.807, 2.05) is 5.32 Å². The molecule has 7 nitrogen and oxygen atoms in total. The third-order valence-electron chi connectivity index (χ3n) is 3.43. The Labute approximate surface area is 142 Å². The van der Waals surface area contributed by atoms with Gasteiger partial charge in [0.2, 0.25) is 11.8 Å². The molecule has 0 bridgehead atoms. The van der Waals surface area contributed by atoms with Gasteiger partial charge in [-0.3, -0.25) is 19.8 Å². The first-order chi connectivity index (χ1) is 11.6. The summed E-state index contributed by atoms with van der Waals surface area (Å²) in [5.41, 5.74) is 3.52. The molecule has 138 valence electrons. The smallest absolute Gasteiger partial charge is 0.351 e. The molecule has 0 aromatic heterocycles. The number of likely N-dealkylation sites (N-methyl/N-ethyl adjacent to an activating group) is 1. The molecular weight excluding hydrogens is 341 g/mol. The lowest BCUT2D eigenvalue weighted by molar-refractivity contribution is -0.137. The van der Waals surface area contributed by atoms with Crippen molar-refractivity contribution in [3.63, 3.8) is 0 Å². The lowest BCUT2D eigenvalue weighted by atomic mass is 10.1. The monoisotopic (exact) mass is 360 g/mol. The van der Waals surface area contributed by atoms with E-state index in [0.29, 0.717) is 0 Å². The van der Waals surface area contributed by atoms with E-state index < -0.39 is 35.6 Å². The van der Waals surface area contributed by atoms with Crippen molar-refractivity contribution in [2.45, 2.75) is 26.1 Å². The highest BCUT2D eigenvalue weighted by Crippen LogP contribution is 2.34. The second-order valence-electron chi connectivity index (χ2n) is 5.18. The maximum absolute atomic E-state index is 12.9. The molecule has 0 saturated heterocycles. The summed E-state index contributed by atoms with van der Waals surface area (Å²) in [5.74, 6) is -1.44. The second kappa shape index (κ2) is 8.47. The van der Waals surface area contributed by atoms with E-state index in [4.69, 9.17) is 5.73 Å². The third kappa shape index (κ3) is 6.07. The van der Waals surface area contributed by atoms with E-state index in [-0.39, 0.29) is 18.8 Å². The van der Waals surface area contributed by atoms with Crippen LogP contribution in [0, 0.1) is 0 Å². The Balaban J connectivity index is 2.81. The Morgan fingerprint density at radius 1 is 1.24 bits per heavy atom. The number of anilines is 1. The maximum atomic E-state index is 12.9. The zero-order valence-corrected chi connectivity index (χ0v) is 13.7. The van der Waals surface area contributed by atoms with Crippen LogP contribution >= 0.6 is 0 Å². The number of carbonyl (C=O) groups is 3. The second-order valence-corrected chi connectivity index (χ2v) is 5.18. The minimum absolute atomic E-state index is 0.252. The van der Waals surface area contributed by atoms with Crippen molar-refractivity contribution >= 4 is 23.5 Å². The number of halogens is 3. The van der Waals surface area contributed by atoms with Crippen molar-refractivity contribution in [2.75, 3.05) is 18.4 Å². The van der Waals surface area contributed by atoms with Gasteiger partial charge in [0.05, 0.1) is 23.8 Å². The van der Waals surface area contributed by atoms with Crippen molar-refractivity contribution in [3.05, 3.63) is 29.8 Å². The summed E-state index contributed by atoms with van der Waals surface area (Å²) in [6.45, 7) is 3.02. The largest absolute Gasteiger partial charge is 0.418 e. The van der Waals surface area contributed by atoms with E-state index in [2.05, 4.69) is 5.32 Å². The van der Waals surface area contributed by atoms with E-state index in [1.54, 1.807) is 6.92 Å². The van der Waals surface area contributed by atoms with Crippen LogP contribution in [0.25, 0.3) is 0 Å². The average Bonchev–Trinajstić information content (AvgIpc) is 2.50. The number of hydrogen-bond donors (Lipinski definition) is 3.